The van der Waals surface area contributed by atoms with E-state index >= 15 is 0 Å². The van der Waals surface area contributed by atoms with Crippen LogP contribution >= 0.6 is 47.8 Å². The fraction of sp³-hybridized carbons (Fsp3) is 0.415. The molecule has 1 aliphatic rings. The number of benzene rings is 4. The zero-order chi connectivity index (χ0) is 34.9. The maximum atomic E-state index is 10.9. The van der Waals surface area contributed by atoms with Gasteiger partial charge in [-0.3, -0.25) is 0 Å². The van der Waals surface area contributed by atoms with Gasteiger partial charge in [0, 0.05) is 13.4 Å². The van der Waals surface area contributed by atoms with E-state index < -0.39 is 0 Å². The molecule has 4 aromatic rings. The summed E-state index contributed by atoms with van der Waals surface area (Å²) in [6, 6.07) is 17.1. The van der Waals surface area contributed by atoms with Crippen molar-refractivity contribution in [3.63, 3.8) is 0 Å². The van der Waals surface area contributed by atoms with Gasteiger partial charge in [0.05, 0.1) is 33.0 Å². The Balaban J connectivity index is 1.78. The van der Waals surface area contributed by atoms with E-state index in [9.17, 15) is 5.11 Å². The molecule has 0 heterocycles. The topological polar surface area (TPSA) is 57.2 Å². The molecule has 1 aliphatic carbocycles. The van der Waals surface area contributed by atoms with E-state index in [1.165, 1.54) is 0 Å². The van der Waals surface area contributed by atoms with E-state index in [1.807, 2.05) is 0 Å². The van der Waals surface area contributed by atoms with Gasteiger partial charge in [0.15, 0.2) is 0 Å². The Morgan fingerprint density at radius 3 is 0.878 bits per heavy atom. The average Bonchev–Trinajstić information content (AvgIpc) is 3.09. The molecule has 8 bridgehead atoms. The number of fused-ring (bicyclic) bond motifs is 8. The lowest BCUT2D eigenvalue weighted by molar-refractivity contribution is 0.278. The highest BCUT2D eigenvalue weighted by Gasteiger charge is 2.21. The molecule has 5 nitrogen and oxygen atoms in total. The molecule has 0 saturated heterocycles. The molecule has 262 valence electrons. The maximum absolute atomic E-state index is 10.9. The van der Waals surface area contributed by atoms with Crippen LogP contribution in [-0.2, 0) is 32.3 Å². The first-order chi connectivity index (χ1) is 23.8. The van der Waals surface area contributed by atoms with Crippen LogP contribution in [0, 0.1) is 0 Å². The lowest BCUT2D eigenvalue weighted by Crippen LogP contribution is -2.08. The highest BCUT2D eigenvalue weighted by Crippen LogP contribution is 2.40. The van der Waals surface area contributed by atoms with Crippen LogP contribution in [0.2, 0.25) is 0 Å². The summed E-state index contributed by atoms with van der Waals surface area (Å²) in [6.45, 7) is 10.9. The van der Waals surface area contributed by atoms with Crippen molar-refractivity contribution in [1.82, 2.24) is 0 Å². The fourth-order valence-corrected chi connectivity index (χ4v) is 7.77. The van der Waals surface area contributed by atoms with Gasteiger partial charge in [0.25, 0.3) is 0 Å². The van der Waals surface area contributed by atoms with Crippen molar-refractivity contribution in [3.8, 4) is 23.0 Å². The summed E-state index contributed by atoms with van der Waals surface area (Å²) in [7, 11) is 0. The summed E-state index contributed by atoms with van der Waals surface area (Å²) >= 11 is 12.1. The molecular weight excluding hydrogens is 812 g/mol. The lowest BCUT2D eigenvalue weighted by atomic mass is 9.90. The molecule has 0 aromatic heterocycles. The second kappa shape index (κ2) is 18.1. The number of aliphatic hydroxyl groups excluding tert-OH is 1. The van der Waals surface area contributed by atoms with Crippen LogP contribution in [0.15, 0.2) is 61.9 Å². The van der Waals surface area contributed by atoms with Gasteiger partial charge in [-0.2, -0.15) is 0 Å². The maximum Gasteiger partial charge on any atom is 0.119 e. The van der Waals surface area contributed by atoms with E-state index in [0.717, 1.165) is 112 Å². The first-order valence-electron chi connectivity index (χ1n) is 17.5. The molecule has 0 aliphatic heterocycles. The third-order valence-electron chi connectivity index (χ3n) is 8.57. The summed E-state index contributed by atoms with van der Waals surface area (Å²) < 4.78 is 28.2. The lowest BCUT2D eigenvalue weighted by Gasteiger charge is -2.22. The van der Waals surface area contributed by atoms with Gasteiger partial charge in [-0.15, -0.1) is 0 Å². The van der Waals surface area contributed by atoms with Crippen molar-refractivity contribution in [3.05, 3.63) is 112 Å². The monoisotopic (exact) mass is 856 g/mol. The van der Waals surface area contributed by atoms with Crippen molar-refractivity contribution >= 4 is 47.8 Å². The molecule has 0 atom stereocenters. The van der Waals surface area contributed by atoms with E-state index in [-0.39, 0.29) is 6.61 Å². The molecule has 4 aromatic carbocycles. The Kier molecular flexibility index (Phi) is 13.9. The first kappa shape index (κ1) is 37.7. The van der Waals surface area contributed by atoms with Gasteiger partial charge in [-0.05, 0) is 150 Å². The quantitative estimate of drug-likeness (QED) is 0.128. The summed E-state index contributed by atoms with van der Waals surface area (Å²) in [4.78, 5) is 0. The Labute approximate surface area is 317 Å². The third kappa shape index (κ3) is 9.43. The van der Waals surface area contributed by atoms with Crippen LogP contribution in [0.4, 0.5) is 0 Å². The number of rotatable bonds is 13. The highest BCUT2D eigenvalue weighted by molar-refractivity contribution is 9.11. The van der Waals surface area contributed by atoms with E-state index in [4.69, 9.17) is 18.9 Å². The van der Waals surface area contributed by atoms with Crippen molar-refractivity contribution in [2.45, 2.75) is 85.7 Å². The van der Waals surface area contributed by atoms with Crippen molar-refractivity contribution in [1.29, 1.82) is 0 Å². The normalized spacial score (nSPS) is 12.5. The van der Waals surface area contributed by atoms with Crippen molar-refractivity contribution in [2.24, 2.45) is 0 Å². The molecule has 0 amide bonds. The van der Waals surface area contributed by atoms with Crippen LogP contribution in [0.3, 0.4) is 0 Å². The van der Waals surface area contributed by atoms with Crippen LogP contribution in [0.5, 0.6) is 23.0 Å². The number of hydrogen-bond acceptors (Lipinski definition) is 5. The third-order valence-corrected chi connectivity index (χ3v) is 11.6. The fourth-order valence-electron chi connectivity index (χ4n) is 6.24. The van der Waals surface area contributed by atoms with E-state index in [1.54, 1.807) is 0 Å². The first-order valence-corrected chi connectivity index (χ1v) is 19.9. The van der Waals surface area contributed by atoms with Crippen LogP contribution in [0.25, 0.3) is 0 Å². The van der Waals surface area contributed by atoms with Gasteiger partial charge < -0.3 is 24.1 Å². The Hall–Kier alpha value is -2.52. The Morgan fingerprint density at radius 1 is 0.429 bits per heavy atom. The average molecular weight is 860 g/mol. The predicted octanol–water partition coefficient (Wildman–Crippen LogP) is 11.3. The molecule has 0 saturated carbocycles. The van der Waals surface area contributed by atoms with Crippen molar-refractivity contribution in [2.75, 3.05) is 26.4 Å². The van der Waals surface area contributed by atoms with E-state index in [0.29, 0.717) is 52.1 Å². The minimum absolute atomic E-state index is 0.0796. The molecule has 8 heteroatoms. The minimum atomic E-state index is -0.0796. The number of halogens is 3. The number of hydrogen-bond donors (Lipinski definition) is 1. The van der Waals surface area contributed by atoms with Crippen LogP contribution in [0.1, 0.15) is 103 Å². The molecule has 5 rings (SSSR count). The zero-order valence-corrected chi connectivity index (χ0v) is 33.8. The smallest absolute Gasteiger partial charge is 0.119 e. The number of aliphatic hydroxyl groups is 1. The molecule has 0 fully saturated rings. The van der Waals surface area contributed by atoms with Gasteiger partial charge in [-0.1, -0.05) is 75.5 Å². The summed E-state index contributed by atoms with van der Waals surface area (Å²) in [5, 5.41) is 10.9. The second-order valence-corrected chi connectivity index (χ2v) is 15.0. The van der Waals surface area contributed by atoms with Crippen molar-refractivity contribution < 1.29 is 24.1 Å². The summed E-state index contributed by atoms with van der Waals surface area (Å²) in [6.07, 6.45) is 6.20. The molecule has 0 unspecified atom stereocenters. The minimum Gasteiger partial charge on any atom is -0.494 e. The van der Waals surface area contributed by atoms with Crippen LogP contribution < -0.4 is 18.9 Å². The van der Waals surface area contributed by atoms with Gasteiger partial charge in [-0.25, -0.2) is 0 Å². The largest absolute Gasteiger partial charge is 0.494 e. The standard InChI is InChI=1S/C41H47Br3O5/c1-5-9-46-34-17-26-13-28-19-35(47-10-6-2)21-30(39(28)42)15-32-23-37(49-12-8-4)24-33(41(32)44)16-31-22-36(48-11-7-3)20-29(40(31)43)14-27(18-34)38(26)25-45/h17-24,45H,5-16,25H2,1-4H3. The van der Waals surface area contributed by atoms with E-state index in [2.05, 4.69) is 124 Å². The van der Waals surface area contributed by atoms with Gasteiger partial charge in [0.2, 0.25) is 0 Å². The van der Waals surface area contributed by atoms with Gasteiger partial charge >= 0.3 is 0 Å². The molecule has 0 radical (unpaired) electrons. The Morgan fingerprint density at radius 2 is 0.653 bits per heavy atom. The SMILES string of the molecule is CCCOc1cc2c(Br)c(c1)Cc1cc(OCCC)cc(c1Br)Cc1cc(OCCC)cc(c1CO)Cc1cc(OCCC)cc(c1Br)C2. The molecular formula is C41H47Br3O5. The molecule has 1 N–H and O–H groups in total. The summed E-state index contributed by atoms with van der Waals surface area (Å²) in [5.74, 6) is 3.36. The second-order valence-electron chi connectivity index (χ2n) is 12.6. The molecule has 49 heavy (non-hydrogen) atoms. The zero-order valence-electron chi connectivity index (χ0n) is 29.0. The molecule has 0 spiro atoms. The highest BCUT2D eigenvalue weighted by atomic mass is 79.9. The summed E-state index contributed by atoms with van der Waals surface area (Å²) in [5.41, 5.74) is 9.69. The predicted molar refractivity (Wildman–Crippen MR) is 209 cm³/mol. The van der Waals surface area contributed by atoms with Gasteiger partial charge in [0.1, 0.15) is 23.0 Å². The van der Waals surface area contributed by atoms with Crippen LogP contribution in [-0.4, -0.2) is 31.5 Å². The number of ether oxygens (including phenoxy) is 4. The Bertz CT molecular complexity index is 1640.